The Kier molecular flexibility index (Phi) is 7.60. The molecule has 3 aliphatic rings. The third-order valence-corrected chi connectivity index (χ3v) is 7.39. The minimum absolute atomic E-state index is 0.00425. The number of methoxy groups -OCH3 is 1. The third-order valence-electron chi connectivity index (χ3n) is 7.39. The highest BCUT2D eigenvalue weighted by atomic mass is 16.6. The van der Waals surface area contributed by atoms with Crippen LogP contribution in [0.1, 0.15) is 62.5 Å². The monoisotopic (exact) mass is 452 g/mol. The van der Waals surface area contributed by atoms with Crippen molar-refractivity contribution in [3.05, 3.63) is 35.4 Å². The zero-order valence-corrected chi connectivity index (χ0v) is 20.0. The van der Waals surface area contributed by atoms with Crippen molar-refractivity contribution < 1.29 is 19.1 Å². The van der Waals surface area contributed by atoms with Crippen LogP contribution in [0.2, 0.25) is 0 Å². The maximum atomic E-state index is 13.0. The molecular weight excluding hydrogens is 416 g/mol. The first kappa shape index (κ1) is 23.6. The summed E-state index contributed by atoms with van der Waals surface area (Å²) >= 11 is 0. The molecule has 0 radical (unpaired) electrons. The number of hydrogen-bond donors (Lipinski definition) is 0. The van der Waals surface area contributed by atoms with Crippen LogP contribution in [0.5, 0.6) is 0 Å². The number of aryl methyl sites for hydroxylation is 1. The molecule has 3 unspecified atom stereocenters. The van der Waals surface area contributed by atoms with Gasteiger partial charge in [0.2, 0.25) is 0 Å². The number of rotatable bonds is 5. The number of carbonyl (C=O) groups excluding carboxylic acids is 2. The first-order valence-electron chi connectivity index (χ1n) is 12.4. The van der Waals surface area contributed by atoms with Crippen molar-refractivity contribution in [1.82, 2.24) is 9.80 Å². The SMILES string of the molecule is COC(=O)N1CCC2C1CCCC2(C#Cc1cccc(C)c1)OC(=O)CCCN1CCCC1. The number of carbonyl (C=O) groups is 2. The number of amides is 1. The van der Waals surface area contributed by atoms with Gasteiger partial charge < -0.3 is 19.3 Å². The van der Waals surface area contributed by atoms with Gasteiger partial charge in [0.05, 0.1) is 7.11 Å². The van der Waals surface area contributed by atoms with Crippen LogP contribution in [0.4, 0.5) is 4.79 Å². The van der Waals surface area contributed by atoms with E-state index in [-0.39, 0.29) is 24.0 Å². The van der Waals surface area contributed by atoms with Gasteiger partial charge in [-0.05, 0) is 95.1 Å². The van der Waals surface area contributed by atoms with Crippen LogP contribution in [0.15, 0.2) is 24.3 Å². The highest BCUT2D eigenvalue weighted by molar-refractivity contribution is 5.71. The lowest BCUT2D eigenvalue weighted by Gasteiger charge is -2.42. The largest absolute Gasteiger partial charge is 0.453 e. The van der Waals surface area contributed by atoms with Crippen LogP contribution in [-0.2, 0) is 14.3 Å². The van der Waals surface area contributed by atoms with E-state index in [4.69, 9.17) is 9.47 Å². The Morgan fingerprint density at radius 3 is 2.73 bits per heavy atom. The highest BCUT2D eigenvalue weighted by Gasteiger charge is 2.53. The van der Waals surface area contributed by atoms with Crippen molar-refractivity contribution in [1.29, 1.82) is 0 Å². The molecule has 1 aliphatic carbocycles. The minimum Gasteiger partial charge on any atom is -0.453 e. The van der Waals surface area contributed by atoms with E-state index < -0.39 is 5.60 Å². The average molecular weight is 453 g/mol. The Balaban J connectivity index is 1.53. The highest BCUT2D eigenvalue weighted by Crippen LogP contribution is 2.45. The van der Waals surface area contributed by atoms with E-state index in [0.717, 1.165) is 56.4 Å². The first-order valence-corrected chi connectivity index (χ1v) is 12.4. The van der Waals surface area contributed by atoms with Crippen LogP contribution in [0, 0.1) is 24.7 Å². The summed E-state index contributed by atoms with van der Waals surface area (Å²) in [5, 5.41) is 0. The Hall–Kier alpha value is -2.52. The van der Waals surface area contributed by atoms with E-state index in [1.54, 1.807) is 4.90 Å². The fraction of sp³-hybridized carbons (Fsp3) is 0.630. The summed E-state index contributed by atoms with van der Waals surface area (Å²) in [5.41, 5.74) is 1.21. The van der Waals surface area contributed by atoms with Crippen molar-refractivity contribution in [2.45, 2.75) is 69.9 Å². The van der Waals surface area contributed by atoms with Gasteiger partial charge in [0.25, 0.3) is 0 Å². The summed E-state index contributed by atoms with van der Waals surface area (Å²) in [6.07, 6.45) is 6.64. The molecule has 178 valence electrons. The molecule has 1 aromatic rings. The predicted molar refractivity (Wildman–Crippen MR) is 127 cm³/mol. The molecule has 1 aromatic carbocycles. The van der Waals surface area contributed by atoms with Gasteiger partial charge in [-0.15, -0.1) is 0 Å². The Bertz CT molecular complexity index is 914. The lowest BCUT2D eigenvalue weighted by molar-refractivity contribution is -0.163. The van der Waals surface area contributed by atoms with Crippen molar-refractivity contribution in [2.24, 2.45) is 5.92 Å². The van der Waals surface area contributed by atoms with E-state index in [1.807, 2.05) is 31.2 Å². The number of nitrogens with zero attached hydrogens (tertiary/aromatic N) is 2. The van der Waals surface area contributed by atoms with Gasteiger partial charge in [-0.2, -0.15) is 0 Å². The molecule has 6 heteroatoms. The lowest BCUT2D eigenvalue weighted by atomic mass is 9.72. The predicted octanol–water partition coefficient (Wildman–Crippen LogP) is 4.15. The van der Waals surface area contributed by atoms with E-state index in [2.05, 4.69) is 16.7 Å². The molecule has 1 saturated carbocycles. The molecule has 3 fully saturated rings. The Morgan fingerprint density at radius 2 is 1.97 bits per heavy atom. The number of hydrogen-bond acceptors (Lipinski definition) is 5. The summed E-state index contributed by atoms with van der Waals surface area (Å²) in [6.45, 7) is 5.87. The zero-order valence-electron chi connectivity index (χ0n) is 20.0. The first-order chi connectivity index (χ1) is 16.0. The maximum Gasteiger partial charge on any atom is 0.409 e. The number of fused-ring (bicyclic) bond motifs is 1. The van der Waals surface area contributed by atoms with E-state index in [9.17, 15) is 9.59 Å². The number of ether oxygens (including phenoxy) is 2. The molecule has 4 rings (SSSR count). The smallest absolute Gasteiger partial charge is 0.409 e. The average Bonchev–Trinajstić information content (AvgIpc) is 3.48. The minimum atomic E-state index is -0.861. The molecular formula is C27H36N2O4. The van der Waals surface area contributed by atoms with E-state index >= 15 is 0 Å². The summed E-state index contributed by atoms with van der Waals surface area (Å²) < 4.78 is 11.3. The van der Waals surface area contributed by atoms with Gasteiger partial charge >= 0.3 is 12.1 Å². The standard InChI is InChI=1S/C27H36N2O4/c1-21-8-5-9-22(20-21)12-15-27(33-25(30)11-7-18-28-16-3-4-17-28)14-6-10-24-23(27)13-19-29(24)26(31)32-2/h5,8-9,20,23-24H,3-4,6-7,10-11,13-14,16-19H2,1-2H3. The Morgan fingerprint density at radius 1 is 1.15 bits per heavy atom. The molecule has 3 atom stereocenters. The second kappa shape index (κ2) is 10.6. The molecule has 0 aromatic heterocycles. The van der Waals surface area contributed by atoms with Crippen LogP contribution in [0.25, 0.3) is 0 Å². The number of esters is 1. The van der Waals surface area contributed by atoms with Gasteiger partial charge in [-0.25, -0.2) is 4.79 Å². The zero-order chi connectivity index (χ0) is 23.3. The molecule has 2 heterocycles. The summed E-state index contributed by atoms with van der Waals surface area (Å²) in [7, 11) is 1.42. The number of likely N-dealkylation sites (tertiary alicyclic amines) is 2. The maximum absolute atomic E-state index is 13.0. The molecule has 0 bridgehead atoms. The molecule has 0 N–H and O–H groups in total. The van der Waals surface area contributed by atoms with E-state index in [0.29, 0.717) is 19.4 Å². The van der Waals surface area contributed by atoms with Gasteiger partial charge in [0.1, 0.15) is 0 Å². The van der Waals surface area contributed by atoms with Crippen molar-refractivity contribution in [3.8, 4) is 11.8 Å². The Labute approximate surface area is 197 Å². The molecule has 33 heavy (non-hydrogen) atoms. The molecule has 1 amide bonds. The topological polar surface area (TPSA) is 59.1 Å². The number of benzene rings is 1. The molecule has 6 nitrogen and oxygen atoms in total. The van der Waals surface area contributed by atoms with E-state index in [1.165, 1.54) is 20.0 Å². The summed E-state index contributed by atoms with van der Waals surface area (Å²) in [5.74, 6) is 6.54. The fourth-order valence-corrected chi connectivity index (χ4v) is 5.77. The fourth-order valence-electron chi connectivity index (χ4n) is 5.77. The van der Waals surface area contributed by atoms with Crippen molar-refractivity contribution in [3.63, 3.8) is 0 Å². The quantitative estimate of drug-likeness (QED) is 0.496. The third kappa shape index (κ3) is 5.52. The van der Waals surface area contributed by atoms with Gasteiger partial charge in [0.15, 0.2) is 5.60 Å². The lowest BCUT2D eigenvalue weighted by Crippen LogP contribution is -2.51. The summed E-state index contributed by atoms with van der Waals surface area (Å²) in [6, 6.07) is 8.07. The van der Waals surface area contributed by atoms with Crippen molar-refractivity contribution >= 4 is 12.1 Å². The molecule has 2 aliphatic heterocycles. The second-order valence-corrected chi connectivity index (χ2v) is 9.65. The summed E-state index contributed by atoms with van der Waals surface area (Å²) in [4.78, 5) is 29.6. The molecule has 2 saturated heterocycles. The normalized spacial score (nSPS) is 26.9. The van der Waals surface area contributed by atoms with Crippen LogP contribution in [0.3, 0.4) is 0 Å². The van der Waals surface area contributed by atoms with Gasteiger partial charge in [0, 0.05) is 30.5 Å². The van der Waals surface area contributed by atoms with Crippen molar-refractivity contribution in [2.75, 3.05) is 33.3 Å². The van der Waals surface area contributed by atoms with Gasteiger partial charge in [-0.3, -0.25) is 4.79 Å². The molecule has 0 spiro atoms. The van der Waals surface area contributed by atoms with Crippen LogP contribution in [-0.4, -0.2) is 66.8 Å². The second-order valence-electron chi connectivity index (χ2n) is 9.65. The van der Waals surface area contributed by atoms with Gasteiger partial charge in [-0.1, -0.05) is 18.1 Å². The van der Waals surface area contributed by atoms with Crippen LogP contribution >= 0.6 is 0 Å². The van der Waals surface area contributed by atoms with Crippen LogP contribution < -0.4 is 0 Å².